The highest BCUT2D eigenvalue weighted by molar-refractivity contribution is 5.78. The van der Waals surface area contributed by atoms with Crippen LogP contribution in [0.1, 0.15) is 37.3 Å². The Balaban J connectivity index is 1.68. The lowest BCUT2D eigenvalue weighted by molar-refractivity contribution is 0.259. The molecule has 4 atom stereocenters. The zero-order valence-corrected chi connectivity index (χ0v) is 12.0. The third kappa shape index (κ3) is 1.94. The van der Waals surface area contributed by atoms with Crippen LogP contribution in [-0.4, -0.2) is 12.0 Å². The first kappa shape index (κ1) is 12.3. The van der Waals surface area contributed by atoms with Crippen molar-refractivity contribution in [1.29, 1.82) is 0 Å². The first-order valence-electron chi connectivity index (χ1n) is 7.87. The fourth-order valence-electron chi connectivity index (χ4n) is 4.59. The van der Waals surface area contributed by atoms with Gasteiger partial charge in [-0.15, -0.1) is 0 Å². The van der Waals surface area contributed by atoms with Gasteiger partial charge in [-0.05, 0) is 61.8 Å². The van der Waals surface area contributed by atoms with Crippen molar-refractivity contribution < 1.29 is 0 Å². The normalized spacial score (nSPS) is 29.9. The maximum absolute atomic E-state index is 4.64. The largest absolute Gasteiger partial charge is 0.313 e. The Hall–Kier alpha value is -1.41. The smallest absolute Gasteiger partial charge is 0.0702 e. The lowest BCUT2D eigenvalue weighted by Crippen LogP contribution is -2.29. The van der Waals surface area contributed by atoms with E-state index >= 15 is 0 Å². The SMILES string of the molecule is CNC(c1cnc2ccccc2c1)C1CC2CCC1C2. The molecule has 1 aromatic carbocycles. The number of fused-ring (bicyclic) bond motifs is 3. The number of hydrogen-bond donors (Lipinski definition) is 1. The van der Waals surface area contributed by atoms with E-state index < -0.39 is 0 Å². The highest BCUT2D eigenvalue weighted by atomic mass is 14.9. The molecule has 4 unspecified atom stereocenters. The fourth-order valence-corrected chi connectivity index (χ4v) is 4.59. The van der Waals surface area contributed by atoms with Gasteiger partial charge in [-0.1, -0.05) is 24.6 Å². The number of nitrogens with zero attached hydrogens (tertiary/aromatic N) is 1. The molecule has 2 saturated carbocycles. The summed E-state index contributed by atoms with van der Waals surface area (Å²) in [4.78, 5) is 4.64. The molecule has 0 aliphatic heterocycles. The molecule has 0 saturated heterocycles. The Morgan fingerprint density at radius 2 is 2.10 bits per heavy atom. The number of hydrogen-bond acceptors (Lipinski definition) is 2. The highest BCUT2D eigenvalue weighted by Crippen LogP contribution is 2.52. The minimum atomic E-state index is 0.474. The molecular weight excluding hydrogens is 244 g/mol. The summed E-state index contributed by atoms with van der Waals surface area (Å²) in [5.41, 5.74) is 2.46. The molecule has 2 nitrogen and oxygen atoms in total. The maximum atomic E-state index is 4.64. The van der Waals surface area contributed by atoms with Crippen molar-refractivity contribution >= 4 is 10.9 Å². The first-order chi connectivity index (χ1) is 9.85. The molecule has 0 amide bonds. The summed E-state index contributed by atoms with van der Waals surface area (Å²) in [5.74, 6) is 2.74. The van der Waals surface area contributed by atoms with Crippen molar-refractivity contribution in [3.05, 3.63) is 42.1 Å². The van der Waals surface area contributed by atoms with Crippen LogP contribution in [0, 0.1) is 17.8 Å². The number of rotatable bonds is 3. The second kappa shape index (κ2) is 4.85. The quantitative estimate of drug-likeness (QED) is 0.910. The number of benzene rings is 1. The molecule has 0 radical (unpaired) electrons. The standard InChI is InChI=1S/C18H22N2/c1-19-18(16-9-12-6-7-13(16)8-12)15-10-14-4-2-3-5-17(14)20-11-15/h2-5,10-13,16,18-19H,6-9H2,1H3. The van der Waals surface area contributed by atoms with E-state index in [0.717, 1.165) is 23.3 Å². The molecule has 2 bridgehead atoms. The van der Waals surface area contributed by atoms with Crippen LogP contribution in [0.15, 0.2) is 36.5 Å². The summed E-state index contributed by atoms with van der Waals surface area (Å²) in [6.45, 7) is 0. The number of nitrogens with one attached hydrogen (secondary N) is 1. The van der Waals surface area contributed by atoms with Crippen LogP contribution in [0.4, 0.5) is 0 Å². The van der Waals surface area contributed by atoms with Crippen molar-refractivity contribution in [1.82, 2.24) is 10.3 Å². The Morgan fingerprint density at radius 3 is 2.85 bits per heavy atom. The maximum Gasteiger partial charge on any atom is 0.0702 e. The molecule has 2 aliphatic carbocycles. The van der Waals surface area contributed by atoms with Gasteiger partial charge in [0.25, 0.3) is 0 Å². The van der Waals surface area contributed by atoms with Crippen LogP contribution in [0.3, 0.4) is 0 Å². The predicted molar refractivity (Wildman–Crippen MR) is 82.5 cm³/mol. The van der Waals surface area contributed by atoms with Gasteiger partial charge in [0.05, 0.1) is 5.52 Å². The lowest BCUT2D eigenvalue weighted by atomic mass is 9.80. The monoisotopic (exact) mass is 266 g/mol. The van der Waals surface area contributed by atoms with Crippen LogP contribution in [0.2, 0.25) is 0 Å². The van der Waals surface area contributed by atoms with E-state index in [9.17, 15) is 0 Å². The summed E-state index contributed by atoms with van der Waals surface area (Å²) >= 11 is 0. The van der Waals surface area contributed by atoms with Gasteiger partial charge >= 0.3 is 0 Å². The summed E-state index contributed by atoms with van der Waals surface area (Å²) < 4.78 is 0. The molecule has 4 rings (SSSR count). The van der Waals surface area contributed by atoms with Gasteiger partial charge in [-0.2, -0.15) is 0 Å². The Bertz CT molecular complexity index is 622. The topological polar surface area (TPSA) is 24.9 Å². The van der Waals surface area contributed by atoms with Gasteiger partial charge in [-0.25, -0.2) is 0 Å². The molecule has 0 spiro atoms. The van der Waals surface area contributed by atoms with E-state index in [2.05, 4.69) is 53.9 Å². The molecular formula is C18H22N2. The van der Waals surface area contributed by atoms with E-state index in [1.165, 1.54) is 36.6 Å². The van der Waals surface area contributed by atoms with Gasteiger partial charge in [0.1, 0.15) is 0 Å². The van der Waals surface area contributed by atoms with Gasteiger partial charge < -0.3 is 5.32 Å². The number of pyridine rings is 1. The van der Waals surface area contributed by atoms with E-state index in [4.69, 9.17) is 0 Å². The fraction of sp³-hybridized carbons (Fsp3) is 0.500. The van der Waals surface area contributed by atoms with E-state index in [0.29, 0.717) is 6.04 Å². The van der Waals surface area contributed by atoms with E-state index in [1.807, 2.05) is 0 Å². The van der Waals surface area contributed by atoms with Crippen LogP contribution < -0.4 is 5.32 Å². The molecule has 1 heterocycles. The Labute approximate surface area is 120 Å². The lowest BCUT2D eigenvalue weighted by Gasteiger charge is -2.30. The van der Waals surface area contributed by atoms with Crippen molar-refractivity contribution in [2.45, 2.75) is 31.7 Å². The van der Waals surface area contributed by atoms with Crippen molar-refractivity contribution in [3.63, 3.8) is 0 Å². The summed E-state index contributed by atoms with van der Waals surface area (Å²) in [7, 11) is 2.10. The second-order valence-electron chi connectivity index (χ2n) is 6.57. The van der Waals surface area contributed by atoms with Crippen LogP contribution >= 0.6 is 0 Å². The third-order valence-corrected chi connectivity index (χ3v) is 5.50. The molecule has 104 valence electrons. The van der Waals surface area contributed by atoms with Gasteiger partial charge in [0.2, 0.25) is 0 Å². The average Bonchev–Trinajstić information content (AvgIpc) is 3.11. The summed E-state index contributed by atoms with van der Waals surface area (Å²) in [5, 5.41) is 4.83. The van der Waals surface area contributed by atoms with Crippen LogP contribution in [0.5, 0.6) is 0 Å². The molecule has 1 aromatic heterocycles. The first-order valence-corrected chi connectivity index (χ1v) is 7.87. The third-order valence-electron chi connectivity index (χ3n) is 5.50. The molecule has 2 heteroatoms. The van der Waals surface area contributed by atoms with Gasteiger partial charge in [0, 0.05) is 17.6 Å². The number of para-hydroxylation sites is 1. The second-order valence-corrected chi connectivity index (χ2v) is 6.57. The highest BCUT2D eigenvalue weighted by Gasteiger charge is 2.43. The van der Waals surface area contributed by atoms with E-state index in [-0.39, 0.29) is 0 Å². The summed E-state index contributed by atoms with van der Waals surface area (Å²) in [6.07, 6.45) is 7.85. The van der Waals surface area contributed by atoms with Crippen molar-refractivity contribution in [2.75, 3.05) is 7.05 Å². The van der Waals surface area contributed by atoms with Crippen molar-refractivity contribution in [2.24, 2.45) is 17.8 Å². The Kier molecular flexibility index (Phi) is 2.99. The average molecular weight is 266 g/mol. The van der Waals surface area contributed by atoms with E-state index in [1.54, 1.807) is 0 Å². The van der Waals surface area contributed by atoms with Gasteiger partial charge in [-0.3, -0.25) is 4.98 Å². The molecule has 2 aliphatic rings. The van der Waals surface area contributed by atoms with Crippen LogP contribution in [-0.2, 0) is 0 Å². The molecule has 2 aromatic rings. The zero-order chi connectivity index (χ0) is 13.5. The molecule has 20 heavy (non-hydrogen) atoms. The minimum absolute atomic E-state index is 0.474. The Morgan fingerprint density at radius 1 is 1.20 bits per heavy atom. The number of aromatic nitrogens is 1. The van der Waals surface area contributed by atoms with Crippen LogP contribution in [0.25, 0.3) is 10.9 Å². The summed E-state index contributed by atoms with van der Waals surface area (Å²) in [6, 6.07) is 11.2. The zero-order valence-electron chi connectivity index (χ0n) is 12.0. The molecule has 1 N–H and O–H groups in total. The molecule has 2 fully saturated rings. The van der Waals surface area contributed by atoms with Crippen molar-refractivity contribution in [3.8, 4) is 0 Å². The predicted octanol–water partition coefficient (Wildman–Crippen LogP) is 3.93. The van der Waals surface area contributed by atoms with Gasteiger partial charge in [0.15, 0.2) is 0 Å². The minimum Gasteiger partial charge on any atom is -0.313 e.